The molecule has 0 spiro atoms. The average Bonchev–Trinajstić information content (AvgIpc) is 3.05. The van der Waals surface area contributed by atoms with Gasteiger partial charge in [0.25, 0.3) is 0 Å². The lowest BCUT2D eigenvalue weighted by Gasteiger charge is -2.27. The van der Waals surface area contributed by atoms with Crippen LogP contribution in [0.5, 0.6) is 23.0 Å². The Kier molecular flexibility index (Phi) is 7.81. The van der Waals surface area contributed by atoms with Gasteiger partial charge in [0.05, 0.1) is 34.0 Å². The molecule has 0 radical (unpaired) electrons. The number of amides is 1. The Bertz CT molecular complexity index is 1080. The number of ether oxygens (including phenoxy) is 5. The van der Waals surface area contributed by atoms with Gasteiger partial charge in [-0.25, -0.2) is 0 Å². The molecule has 8 nitrogen and oxygen atoms in total. The van der Waals surface area contributed by atoms with E-state index in [1.165, 1.54) is 14.0 Å². The van der Waals surface area contributed by atoms with Gasteiger partial charge >= 0.3 is 0 Å². The lowest BCUT2D eigenvalue weighted by atomic mass is 9.95. The fourth-order valence-corrected chi connectivity index (χ4v) is 4.24. The topological polar surface area (TPSA) is 83.5 Å². The third kappa shape index (κ3) is 4.75. The van der Waals surface area contributed by atoms with E-state index in [0.717, 1.165) is 22.3 Å². The summed E-state index contributed by atoms with van der Waals surface area (Å²) in [5, 5.41) is 0. The number of benzene rings is 1. The number of nitrogens with zero attached hydrogens (tertiary/aromatic N) is 1. The molecule has 178 valence electrons. The summed E-state index contributed by atoms with van der Waals surface area (Å²) in [6.07, 6.45) is 1.26. The van der Waals surface area contributed by atoms with Crippen LogP contribution in [0, 0.1) is 0 Å². The van der Waals surface area contributed by atoms with Gasteiger partial charge in [0.1, 0.15) is 6.61 Å². The van der Waals surface area contributed by atoms with E-state index in [0.29, 0.717) is 43.3 Å². The van der Waals surface area contributed by atoms with Crippen LogP contribution in [0.25, 0.3) is 11.1 Å². The second-order valence-corrected chi connectivity index (χ2v) is 7.78. The lowest BCUT2D eigenvalue weighted by Crippen LogP contribution is -2.29. The number of rotatable bonds is 8. The Balaban J connectivity index is 2.40. The molecule has 0 saturated heterocycles. The highest BCUT2D eigenvalue weighted by Crippen LogP contribution is 2.51. The van der Waals surface area contributed by atoms with Crippen molar-refractivity contribution in [2.24, 2.45) is 0 Å². The first kappa shape index (κ1) is 24.4. The van der Waals surface area contributed by atoms with E-state index in [4.69, 9.17) is 23.7 Å². The predicted octanol–water partition coefficient (Wildman–Crippen LogP) is 3.23. The van der Waals surface area contributed by atoms with E-state index in [-0.39, 0.29) is 23.1 Å². The van der Waals surface area contributed by atoms with Crippen molar-refractivity contribution in [2.45, 2.75) is 25.8 Å². The maximum atomic E-state index is 12.9. The van der Waals surface area contributed by atoms with Crippen LogP contribution in [0.1, 0.15) is 30.5 Å². The molecule has 0 bridgehead atoms. The van der Waals surface area contributed by atoms with Crippen LogP contribution >= 0.6 is 0 Å². The number of hydrogen-bond donors (Lipinski definition) is 0. The van der Waals surface area contributed by atoms with E-state index < -0.39 is 0 Å². The van der Waals surface area contributed by atoms with Gasteiger partial charge in [-0.2, -0.15) is 0 Å². The first-order chi connectivity index (χ1) is 15.9. The average molecular weight is 458 g/mol. The minimum absolute atomic E-state index is 0.0884. The fourth-order valence-electron chi connectivity index (χ4n) is 4.24. The van der Waals surface area contributed by atoms with Crippen LogP contribution in [0.2, 0.25) is 0 Å². The quantitative estimate of drug-likeness (QED) is 0.563. The number of carbonyl (C=O) groups excluding carboxylic acids is 1. The number of methoxy groups -OCH3 is 4. The summed E-state index contributed by atoms with van der Waals surface area (Å²) >= 11 is 0. The number of fused-ring (bicyclic) bond motifs is 3. The number of aryl methyl sites for hydroxylation is 1. The SMILES string of the molecule is COCCOc1c(OC)c(OC)cc2c1-c1ccc(OC)c(=O)cc1C(N(C)C(C)=O)CC2. The summed E-state index contributed by atoms with van der Waals surface area (Å²) in [4.78, 5) is 26.9. The van der Waals surface area contributed by atoms with Crippen LogP contribution in [-0.2, 0) is 16.0 Å². The molecule has 33 heavy (non-hydrogen) atoms. The summed E-state index contributed by atoms with van der Waals surface area (Å²) in [5.74, 6) is 1.64. The first-order valence-corrected chi connectivity index (χ1v) is 10.7. The van der Waals surface area contributed by atoms with E-state index in [9.17, 15) is 9.59 Å². The second kappa shape index (κ2) is 10.6. The van der Waals surface area contributed by atoms with Crippen LogP contribution in [-0.4, -0.2) is 59.5 Å². The molecule has 0 fully saturated rings. The predicted molar refractivity (Wildman–Crippen MR) is 125 cm³/mol. The third-order valence-electron chi connectivity index (χ3n) is 5.98. The third-order valence-corrected chi connectivity index (χ3v) is 5.98. The molecule has 0 heterocycles. The van der Waals surface area contributed by atoms with E-state index in [1.54, 1.807) is 45.4 Å². The Morgan fingerprint density at radius 1 is 1.00 bits per heavy atom. The molecule has 8 heteroatoms. The molecule has 2 aromatic carbocycles. The minimum Gasteiger partial charge on any atom is -0.493 e. The van der Waals surface area contributed by atoms with Gasteiger partial charge in [-0.05, 0) is 47.7 Å². The van der Waals surface area contributed by atoms with Gasteiger partial charge < -0.3 is 28.6 Å². The lowest BCUT2D eigenvalue weighted by molar-refractivity contribution is -0.129. The molecule has 2 aromatic rings. The standard InChI is InChI=1S/C25H31NO7/c1-15(27)26(2)19-9-7-16-13-22(31-5)24(32-6)25(33-12-11-29-3)23(16)17-8-10-21(30-4)20(28)14-18(17)19/h8,10,13-14,19H,7,9,11-12H2,1-6H3. The number of hydrogen-bond acceptors (Lipinski definition) is 7. The van der Waals surface area contributed by atoms with Crippen LogP contribution in [0.4, 0.5) is 0 Å². The van der Waals surface area contributed by atoms with Crippen LogP contribution in [0.3, 0.4) is 0 Å². The molecule has 0 N–H and O–H groups in total. The highest BCUT2D eigenvalue weighted by molar-refractivity contribution is 5.83. The number of carbonyl (C=O) groups is 1. The summed E-state index contributed by atoms with van der Waals surface area (Å²) < 4.78 is 27.9. The maximum Gasteiger partial charge on any atom is 0.220 e. The summed E-state index contributed by atoms with van der Waals surface area (Å²) in [6, 6.07) is 6.67. The van der Waals surface area contributed by atoms with Crippen molar-refractivity contribution < 1.29 is 28.5 Å². The Morgan fingerprint density at radius 2 is 1.73 bits per heavy atom. The van der Waals surface area contributed by atoms with Crippen LogP contribution in [0.15, 0.2) is 29.1 Å². The Labute approximate surface area is 194 Å². The normalized spacial score (nSPS) is 14.4. The molecule has 1 amide bonds. The first-order valence-electron chi connectivity index (χ1n) is 10.7. The minimum atomic E-state index is -0.307. The Morgan fingerprint density at radius 3 is 2.33 bits per heavy atom. The monoisotopic (exact) mass is 457 g/mol. The second-order valence-electron chi connectivity index (χ2n) is 7.78. The van der Waals surface area contributed by atoms with Crippen molar-refractivity contribution in [3.05, 3.63) is 45.6 Å². The van der Waals surface area contributed by atoms with E-state index in [1.807, 2.05) is 12.1 Å². The van der Waals surface area contributed by atoms with Gasteiger partial charge in [-0.3, -0.25) is 9.59 Å². The van der Waals surface area contributed by atoms with Gasteiger partial charge in [0.15, 0.2) is 17.2 Å². The molecule has 0 saturated carbocycles. The van der Waals surface area contributed by atoms with Crippen molar-refractivity contribution in [3.8, 4) is 34.1 Å². The highest BCUT2D eigenvalue weighted by atomic mass is 16.5. The van der Waals surface area contributed by atoms with Crippen molar-refractivity contribution in [3.63, 3.8) is 0 Å². The molecule has 0 aliphatic heterocycles. The van der Waals surface area contributed by atoms with Crippen molar-refractivity contribution in [1.82, 2.24) is 4.90 Å². The smallest absolute Gasteiger partial charge is 0.220 e. The van der Waals surface area contributed by atoms with Gasteiger partial charge in [-0.1, -0.05) is 6.07 Å². The molecule has 1 unspecified atom stereocenters. The summed E-state index contributed by atoms with van der Waals surface area (Å²) in [5.41, 5.74) is 3.01. The van der Waals surface area contributed by atoms with Crippen molar-refractivity contribution in [1.29, 1.82) is 0 Å². The van der Waals surface area contributed by atoms with E-state index in [2.05, 4.69) is 0 Å². The maximum absolute atomic E-state index is 12.9. The molecule has 0 aromatic heterocycles. The molecule has 1 atom stereocenters. The van der Waals surface area contributed by atoms with Gasteiger partial charge in [-0.15, -0.1) is 0 Å². The molecular weight excluding hydrogens is 426 g/mol. The Hall–Kier alpha value is -3.26. The zero-order valence-corrected chi connectivity index (χ0v) is 20.0. The molecular formula is C25H31NO7. The van der Waals surface area contributed by atoms with Gasteiger partial charge in [0, 0.05) is 26.6 Å². The zero-order chi connectivity index (χ0) is 24.1. The van der Waals surface area contributed by atoms with Crippen molar-refractivity contribution >= 4 is 5.91 Å². The van der Waals surface area contributed by atoms with E-state index >= 15 is 0 Å². The highest BCUT2D eigenvalue weighted by Gasteiger charge is 2.31. The largest absolute Gasteiger partial charge is 0.493 e. The fraction of sp³-hybridized carbons (Fsp3) is 0.440. The molecule has 1 aliphatic carbocycles. The van der Waals surface area contributed by atoms with Gasteiger partial charge in [0.2, 0.25) is 17.1 Å². The van der Waals surface area contributed by atoms with Crippen molar-refractivity contribution in [2.75, 3.05) is 48.7 Å². The molecule has 1 aliphatic rings. The summed E-state index contributed by atoms with van der Waals surface area (Å²) in [6.45, 7) is 2.21. The van der Waals surface area contributed by atoms with Crippen LogP contribution < -0.4 is 24.4 Å². The zero-order valence-electron chi connectivity index (χ0n) is 20.0. The summed E-state index contributed by atoms with van der Waals surface area (Å²) in [7, 11) is 7.95. The molecule has 3 rings (SSSR count).